The van der Waals surface area contributed by atoms with E-state index in [-0.39, 0.29) is 0 Å². The van der Waals surface area contributed by atoms with Crippen LogP contribution in [0, 0.1) is 0 Å². The van der Waals surface area contributed by atoms with Crippen molar-refractivity contribution in [3.63, 3.8) is 0 Å². The van der Waals surface area contributed by atoms with Crippen LogP contribution in [0.25, 0.3) is 11.0 Å². The summed E-state index contributed by atoms with van der Waals surface area (Å²) in [7, 11) is 0. The van der Waals surface area contributed by atoms with Crippen molar-refractivity contribution in [1.29, 1.82) is 0 Å². The Bertz CT molecular complexity index is 625. The summed E-state index contributed by atoms with van der Waals surface area (Å²) in [5.74, 6) is -1.34. The Balaban J connectivity index is 2.07. The van der Waals surface area contributed by atoms with Crippen molar-refractivity contribution in [2.45, 2.75) is 26.3 Å². The number of benzene rings is 1. The molecule has 0 aliphatic carbocycles. The smallest absolute Gasteiger partial charge is 0.313 e. The number of aromatic amines is 1. The minimum atomic E-state index is -0.686. The number of carbonyl (C=O) groups is 2. The fourth-order valence-electron chi connectivity index (χ4n) is 1.60. The van der Waals surface area contributed by atoms with Crippen LogP contribution < -0.4 is 10.6 Å². The van der Waals surface area contributed by atoms with E-state index >= 15 is 0 Å². The summed E-state index contributed by atoms with van der Waals surface area (Å²) in [5, 5.41) is 5.15. The highest BCUT2D eigenvalue weighted by molar-refractivity contribution is 6.39. The van der Waals surface area contributed by atoms with E-state index in [0.29, 0.717) is 5.69 Å². The summed E-state index contributed by atoms with van der Waals surface area (Å²) >= 11 is 0. The van der Waals surface area contributed by atoms with Crippen molar-refractivity contribution >= 4 is 28.5 Å². The Morgan fingerprint density at radius 1 is 1.21 bits per heavy atom. The highest BCUT2D eigenvalue weighted by atomic mass is 16.2. The van der Waals surface area contributed by atoms with Gasteiger partial charge >= 0.3 is 11.8 Å². The van der Waals surface area contributed by atoms with Gasteiger partial charge in [0.25, 0.3) is 0 Å². The lowest BCUT2D eigenvalue weighted by atomic mass is 10.1. The number of aromatic nitrogens is 2. The lowest BCUT2D eigenvalue weighted by molar-refractivity contribution is -0.137. The standard InChI is InChI=1S/C13H16N4O2/c1-13(2,3)17-12(19)11(18)16-8-4-5-9-10(6-8)15-7-14-9/h4-7H,1-3H3,(H,14,15)(H,16,18)(H,17,19). The molecule has 0 aliphatic heterocycles. The summed E-state index contributed by atoms with van der Waals surface area (Å²) < 4.78 is 0. The van der Waals surface area contributed by atoms with Crippen LogP contribution in [0.2, 0.25) is 0 Å². The molecule has 0 spiro atoms. The van der Waals surface area contributed by atoms with E-state index in [2.05, 4.69) is 20.6 Å². The van der Waals surface area contributed by atoms with Crippen molar-refractivity contribution in [2.24, 2.45) is 0 Å². The molecule has 0 saturated carbocycles. The van der Waals surface area contributed by atoms with Crippen molar-refractivity contribution in [1.82, 2.24) is 15.3 Å². The van der Waals surface area contributed by atoms with Gasteiger partial charge in [0.15, 0.2) is 0 Å². The van der Waals surface area contributed by atoms with Gasteiger partial charge in [0.1, 0.15) is 0 Å². The van der Waals surface area contributed by atoms with Crippen LogP contribution in [0.1, 0.15) is 20.8 Å². The molecule has 6 heteroatoms. The molecule has 0 bridgehead atoms. The van der Waals surface area contributed by atoms with Gasteiger partial charge in [-0.05, 0) is 39.0 Å². The maximum atomic E-state index is 11.7. The zero-order valence-corrected chi connectivity index (χ0v) is 11.1. The third-order valence-electron chi connectivity index (χ3n) is 2.37. The number of anilines is 1. The zero-order chi connectivity index (χ0) is 14.0. The Hall–Kier alpha value is -2.37. The van der Waals surface area contributed by atoms with Gasteiger partial charge in [-0.3, -0.25) is 9.59 Å². The minimum Gasteiger partial charge on any atom is -0.345 e. The van der Waals surface area contributed by atoms with E-state index in [1.54, 1.807) is 24.5 Å². The summed E-state index contributed by atoms with van der Waals surface area (Å²) in [5.41, 5.74) is 1.71. The van der Waals surface area contributed by atoms with Crippen LogP contribution in [0.4, 0.5) is 5.69 Å². The molecule has 2 rings (SSSR count). The highest BCUT2D eigenvalue weighted by Crippen LogP contribution is 2.15. The molecule has 1 aromatic carbocycles. The van der Waals surface area contributed by atoms with Gasteiger partial charge in [0.2, 0.25) is 0 Å². The Morgan fingerprint density at radius 3 is 2.63 bits per heavy atom. The minimum absolute atomic E-state index is 0.443. The molecule has 6 nitrogen and oxygen atoms in total. The number of nitrogens with one attached hydrogen (secondary N) is 3. The number of amides is 2. The average molecular weight is 260 g/mol. The first-order chi connectivity index (χ1) is 8.85. The van der Waals surface area contributed by atoms with Crippen LogP contribution in [0.3, 0.4) is 0 Å². The van der Waals surface area contributed by atoms with Crippen LogP contribution in [0.5, 0.6) is 0 Å². The van der Waals surface area contributed by atoms with Crippen molar-refractivity contribution in [3.8, 4) is 0 Å². The summed E-state index contributed by atoms with van der Waals surface area (Å²) in [6.07, 6.45) is 1.57. The molecule has 0 unspecified atom stereocenters. The molecule has 2 amide bonds. The lowest BCUT2D eigenvalue weighted by Gasteiger charge is -2.19. The van der Waals surface area contributed by atoms with E-state index < -0.39 is 17.4 Å². The normalized spacial score (nSPS) is 11.3. The second-order valence-corrected chi connectivity index (χ2v) is 5.29. The fraction of sp³-hybridized carbons (Fsp3) is 0.308. The molecular weight excluding hydrogens is 244 g/mol. The van der Waals surface area contributed by atoms with E-state index in [0.717, 1.165) is 11.0 Å². The van der Waals surface area contributed by atoms with Gasteiger partial charge in [-0.1, -0.05) is 0 Å². The molecule has 0 saturated heterocycles. The van der Waals surface area contributed by atoms with Crippen LogP contribution in [-0.2, 0) is 9.59 Å². The van der Waals surface area contributed by atoms with E-state index in [1.165, 1.54) is 0 Å². The second kappa shape index (κ2) is 4.72. The molecule has 19 heavy (non-hydrogen) atoms. The number of hydrogen-bond donors (Lipinski definition) is 3. The van der Waals surface area contributed by atoms with Crippen molar-refractivity contribution in [3.05, 3.63) is 24.5 Å². The summed E-state index contributed by atoms with van der Waals surface area (Å²) in [6.45, 7) is 5.44. The number of fused-ring (bicyclic) bond motifs is 1. The molecular formula is C13H16N4O2. The maximum Gasteiger partial charge on any atom is 0.313 e. The first-order valence-corrected chi connectivity index (χ1v) is 5.92. The molecule has 0 atom stereocenters. The highest BCUT2D eigenvalue weighted by Gasteiger charge is 2.20. The van der Waals surface area contributed by atoms with Gasteiger partial charge in [-0.2, -0.15) is 0 Å². The van der Waals surface area contributed by atoms with Crippen molar-refractivity contribution < 1.29 is 9.59 Å². The predicted molar refractivity (Wildman–Crippen MR) is 72.6 cm³/mol. The summed E-state index contributed by atoms with van der Waals surface area (Å²) in [4.78, 5) is 30.4. The SMILES string of the molecule is CC(C)(C)NC(=O)C(=O)Nc1ccc2nc[nH]c2c1. The summed E-state index contributed by atoms with van der Waals surface area (Å²) in [6, 6.07) is 5.19. The van der Waals surface area contributed by atoms with Crippen LogP contribution in [-0.4, -0.2) is 27.3 Å². The lowest BCUT2D eigenvalue weighted by Crippen LogP contribution is -2.46. The number of rotatable bonds is 1. The molecule has 1 heterocycles. The molecule has 0 aliphatic rings. The van der Waals surface area contributed by atoms with E-state index in [9.17, 15) is 9.59 Å². The predicted octanol–water partition coefficient (Wildman–Crippen LogP) is 1.42. The molecule has 2 aromatic rings. The number of carbonyl (C=O) groups excluding carboxylic acids is 2. The Kier molecular flexibility index (Phi) is 3.25. The van der Waals surface area contributed by atoms with Gasteiger partial charge < -0.3 is 15.6 Å². The molecule has 0 fully saturated rings. The number of hydrogen-bond acceptors (Lipinski definition) is 3. The Morgan fingerprint density at radius 2 is 1.95 bits per heavy atom. The first-order valence-electron chi connectivity index (χ1n) is 5.92. The van der Waals surface area contributed by atoms with Crippen molar-refractivity contribution in [2.75, 3.05) is 5.32 Å². The molecule has 100 valence electrons. The van der Waals surface area contributed by atoms with E-state index in [1.807, 2.05) is 20.8 Å². The maximum absolute atomic E-state index is 11.7. The van der Waals surface area contributed by atoms with Gasteiger partial charge in [-0.25, -0.2) is 4.98 Å². The van der Waals surface area contributed by atoms with Crippen LogP contribution >= 0.6 is 0 Å². The number of nitrogens with zero attached hydrogens (tertiary/aromatic N) is 1. The Labute approximate surface area is 110 Å². The van der Waals surface area contributed by atoms with Gasteiger partial charge in [0, 0.05) is 11.2 Å². The van der Waals surface area contributed by atoms with E-state index in [4.69, 9.17) is 0 Å². The monoisotopic (exact) mass is 260 g/mol. The first kappa shape index (κ1) is 13.1. The van der Waals surface area contributed by atoms with Gasteiger partial charge in [-0.15, -0.1) is 0 Å². The van der Waals surface area contributed by atoms with Gasteiger partial charge in [0.05, 0.1) is 17.4 Å². The fourth-order valence-corrected chi connectivity index (χ4v) is 1.60. The zero-order valence-electron chi connectivity index (χ0n) is 11.1. The second-order valence-electron chi connectivity index (χ2n) is 5.29. The van der Waals surface area contributed by atoms with Crippen LogP contribution in [0.15, 0.2) is 24.5 Å². The average Bonchev–Trinajstić information content (AvgIpc) is 2.73. The molecule has 3 N–H and O–H groups in total. The molecule has 0 radical (unpaired) electrons. The number of imidazole rings is 1. The molecule has 1 aromatic heterocycles. The third-order valence-corrected chi connectivity index (χ3v) is 2.37. The number of H-pyrrole nitrogens is 1. The third kappa shape index (κ3) is 3.31. The topological polar surface area (TPSA) is 86.9 Å². The largest absolute Gasteiger partial charge is 0.345 e. The quantitative estimate of drug-likeness (QED) is 0.678.